The minimum Gasteiger partial charge on any atom is -0.339 e. The predicted molar refractivity (Wildman–Crippen MR) is 51.4 cm³/mol. The highest BCUT2D eigenvalue weighted by molar-refractivity contribution is 7.89. The van der Waals surface area contributed by atoms with E-state index in [4.69, 9.17) is 9.78 Å². The van der Waals surface area contributed by atoms with E-state index in [1.807, 2.05) is 6.07 Å². The number of aromatic nitrogens is 2. The number of nitriles is 1. The van der Waals surface area contributed by atoms with Crippen LogP contribution < -0.4 is 0 Å². The van der Waals surface area contributed by atoms with Crippen molar-refractivity contribution in [3.8, 4) is 6.07 Å². The van der Waals surface area contributed by atoms with Crippen LogP contribution in [0.4, 0.5) is 0 Å². The molecule has 0 N–H and O–H groups in total. The minimum atomic E-state index is -3.13. The number of rotatable bonds is 5. The van der Waals surface area contributed by atoms with Crippen LogP contribution in [-0.4, -0.2) is 24.8 Å². The van der Waals surface area contributed by atoms with Gasteiger partial charge in [0.2, 0.25) is 5.89 Å². The maximum atomic E-state index is 10.9. The second-order valence-electron chi connectivity index (χ2n) is 3.19. The van der Waals surface area contributed by atoms with Crippen LogP contribution in [0.25, 0.3) is 0 Å². The van der Waals surface area contributed by atoms with Gasteiger partial charge in [-0.05, 0) is 6.42 Å². The van der Waals surface area contributed by atoms with E-state index in [1.165, 1.54) is 0 Å². The van der Waals surface area contributed by atoms with Crippen LogP contribution in [0, 0.1) is 11.3 Å². The summed E-state index contributed by atoms with van der Waals surface area (Å²) in [7, 11) is -3.13. The Balaban J connectivity index is 2.54. The Hall–Kier alpha value is -1.42. The van der Waals surface area contributed by atoms with Gasteiger partial charge in [0, 0.05) is 19.1 Å². The van der Waals surface area contributed by atoms with Gasteiger partial charge in [-0.2, -0.15) is 10.2 Å². The third-order valence-electron chi connectivity index (χ3n) is 1.58. The van der Waals surface area contributed by atoms with Gasteiger partial charge in [-0.3, -0.25) is 0 Å². The fourth-order valence-corrected chi connectivity index (χ4v) is 1.59. The summed E-state index contributed by atoms with van der Waals surface area (Å²) in [4.78, 5) is 3.90. The van der Waals surface area contributed by atoms with Gasteiger partial charge in [-0.1, -0.05) is 5.16 Å². The monoisotopic (exact) mass is 229 g/mol. The zero-order valence-electron chi connectivity index (χ0n) is 8.30. The fraction of sp³-hybridized carbons (Fsp3) is 0.625. The molecule has 0 saturated carbocycles. The third kappa shape index (κ3) is 4.56. The molecule has 0 unspecified atom stereocenters. The Morgan fingerprint density at radius 1 is 1.53 bits per heavy atom. The molecule has 0 bridgehead atoms. The van der Waals surface area contributed by atoms with Gasteiger partial charge < -0.3 is 4.52 Å². The van der Waals surface area contributed by atoms with E-state index in [0.717, 1.165) is 6.26 Å². The zero-order chi connectivity index (χ0) is 11.3. The maximum Gasteiger partial charge on any atom is 0.226 e. The first-order chi connectivity index (χ1) is 7.01. The van der Waals surface area contributed by atoms with E-state index in [-0.39, 0.29) is 11.6 Å². The summed E-state index contributed by atoms with van der Waals surface area (Å²) >= 11 is 0. The summed E-state index contributed by atoms with van der Waals surface area (Å²) in [6, 6.07) is 2.00. The van der Waals surface area contributed by atoms with Crippen LogP contribution in [0.15, 0.2) is 4.52 Å². The van der Waals surface area contributed by atoms with Crippen molar-refractivity contribution in [3.63, 3.8) is 0 Å². The van der Waals surface area contributed by atoms with Crippen LogP contribution in [0.1, 0.15) is 24.6 Å². The highest BCUT2D eigenvalue weighted by Gasteiger charge is 2.11. The molecule has 0 aromatic carbocycles. The topological polar surface area (TPSA) is 96.9 Å². The summed E-state index contributed by atoms with van der Waals surface area (Å²) < 4.78 is 26.6. The van der Waals surface area contributed by atoms with E-state index in [0.29, 0.717) is 25.2 Å². The van der Waals surface area contributed by atoms with E-state index in [2.05, 4.69) is 10.1 Å². The zero-order valence-corrected chi connectivity index (χ0v) is 9.12. The molecular weight excluding hydrogens is 218 g/mol. The highest BCUT2D eigenvalue weighted by atomic mass is 32.2. The first-order valence-electron chi connectivity index (χ1n) is 4.37. The lowest BCUT2D eigenvalue weighted by Crippen LogP contribution is -2.02. The van der Waals surface area contributed by atoms with Gasteiger partial charge in [0.1, 0.15) is 5.75 Å². The SMILES string of the molecule is CS(=O)(=O)Cc1noc(CCCC#N)n1. The molecule has 0 aliphatic heterocycles. The molecule has 0 saturated heterocycles. The summed E-state index contributed by atoms with van der Waals surface area (Å²) in [5, 5.41) is 11.8. The molecule has 0 fully saturated rings. The molecule has 0 radical (unpaired) electrons. The third-order valence-corrected chi connectivity index (χ3v) is 2.36. The molecule has 1 rings (SSSR count). The van der Waals surface area contributed by atoms with Crippen molar-refractivity contribution in [2.45, 2.75) is 25.0 Å². The van der Waals surface area contributed by atoms with E-state index in [1.54, 1.807) is 0 Å². The van der Waals surface area contributed by atoms with Crippen molar-refractivity contribution in [3.05, 3.63) is 11.7 Å². The largest absolute Gasteiger partial charge is 0.339 e. The van der Waals surface area contributed by atoms with Crippen molar-refractivity contribution in [2.24, 2.45) is 0 Å². The molecule has 7 heteroatoms. The van der Waals surface area contributed by atoms with Crippen molar-refractivity contribution in [2.75, 3.05) is 6.26 Å². The molecule has 1 heterocycles. The number of aryl methyl sites for hydroxylation is 1. The standard InChI is InChI=1S/C8H11N3O3S/c1-15(12,13)6-7-10-8(14-11-7)4-2-3-5-9/h2-4,6H2,1H3. The normalized spacial score (nSPS) is 11.2. The van der Waals surface area contributed by atoms with Gasteiger partial charge in [0.25, 0.3) is 0 Å². The Kier molecular flexibility index (Phi) is 3.80. The first-order valence-corrected chi connectivity index (χ1v) is 6.43. The van der Waals surface area contributed by atoms with E-state index in [9.17, 15) is 8.42 Å². The second-order valence-corrected chi connectivity index (χ2v) is 5.33. The lowest BCUT2D eigenvalue weighted by Gasteiger charge is -1.89. The van der Waals surface area contributed by atoms with E-state index < -0.39 is 9.84 Å². The lowest BCUT2D eigenvalue weighted by molar-refractivity contribution is 0.372. The lowest BCUT2D eigenvalue weighted by atomic mass is 10.2. The number of unbranched alkanes of at least 4 members (excludes halogenated alkanes) is 1. The van der Waals surface area contributed by atoms with Gasteiger partial charge in [-0.15, -0.1) is 0 Å². The molecule has 1 aromatic rings. The summed E-state index contributed by atoms with van der Waals surface area (Å²) in [5.41, 5.74) is 0. The van der Waals surface area contributed by atoms with Gasteiger partial charge in [0.05, 0.1) is 6.07 Å². The molecule has 0 spiro atoms. The van der Waals surface area contributed by atoms with Crippen LogP contribution in [0.5, 0.6) is 0 Å². The second kappa shape index (κ2) is 4.89. The van der Waals surface area contributed by atoms with Gasteiger partial charge in [0.15, 0.2) is 15.7 Å². The minimum absolute atomic E-state index is 0.171. The summed E-state index contributed by atoms with van der Waals surface area (Å²) in [5.74, 6) is 0.336. The Morgan fingerprint density at radius 3 is 2.87 bits per heavy atom. The molecular formula is C8H11N3O3S. The molecule has 82 valence electrons. The predicted octanol–water partition coefficient (Wildman–Crippen LogP) is 0.460. The number of hydrogen-bond acceptors (Lipinski definition) is 6. The molecule has 0 aliphatic rings. The van der Waals surface area contributed by atoms with Crippen molar-refractivity contribution in [1.29, 1.82) is 5.26 Å². The van der Waals surface area contributed by atoms with Crippen LogP contribution in [-0.2, 0) is 22.0 Å². The Labute approximate surface area is 87.8 Å². The van der Waals surface area contributed by atoms with Crippen LogP contribution in [0.2, 0.25) is 0 Å². The molecule has 0 atom stereocenters. The molecule has 15 heavy (non-hydrogen) atoms. The first kappa shape index (κ1) is 11.7. The van der Waals surface area contributed by atoms with Crippen LogP contribution in [0.3, 0.4) is 0 Å². The maximum absolute atomic E-state index is 10.9. The molecule has 0 aliphatic carbocycles. The summed E-state index contributed by atoms with van der Waals surface area (Å²) in [6.07, 6.45) is 2.67. The van der Waals surface area contributed by atoms with Gasteiger partial charge >= 0.3 is 0 Å². The molecule has 6 nitrogen and oxygen atoms in total. The average molecular weight is 229 g/mol. The van der Waals surface area contributed by atoms with Crippen molar-refractivity contribution >= 4 is 9.84 Å². The van der Waals surface area contributed by atoms with E-state index >= 15 is 0 Å². The van der Waals surface area contributed by atoms with Crippen molar-refractivity contribution < 1.29 is 12.9 Å². The molecule has 0 amide bonds. The number of nitrogens with zero attached hydrogens (tertiary/aromatic N) is 3. The average Bonchev–Trinajstić information content (AvgIpc) is 2.50. The molecule has 1 aromatic heterocycles. The van der Waals surface area contributed by atoms with Gasteiger partial charge in [-0.25, -0.2) is 8.42 Å². The quantitative estimate of drug-likeness (QED) is 0.680. The van der Waals surface area contributed by atoms with Crippen LogP contribution >= 0.6 is 0 Å². The Morgan fingerprint density at radius 2 is 2.27 bits per heavy atom. The fourth-order valence-electron chi connectivity index (χ4n) is 1.00. The number of sulfone groups is 1. The highest BCUT2D eigenvalue weighted by Crippen LogP contribution is 2.05. The Bertz CT molecular complexity index is 458. The smallest absolute Gasteiger partial charge is 0.226 e. The summed E-state index contributed by atoms with van der Waals surface area (Å²) in [6.45, 7) is 0. The number of hydrogen-bond donors (Lipinski definition) is 0. The van der Waals surface area contributed by atoms with Crippen molar-refractivity contribution in [1.82, 2.24) is 10.1 Å².